The Bertz CT molecular complexity index is 550. The lowest BCUT2D eigenvalue weighted by Gasteiger charge is -2.25. The Morgan fingerprint density at radius 2 is 2.04 bits per heavy atom. The molecule has 1 aliphatic carbocycles. The van der Waals surface area contributed by atoms with Crippen molar-refractivity contribution in [2.75, 3.05) is 13.6 Å². The zero-order chi connectivity index (χ0) is 16.8. The summed E-state index contributed by atoms with van der Waals surface area (Å²) >= 11 is 0. The molecule has 2 heterocycles. The molecular formula is C18H33IN6. The molecular weight excluding hydrogens is 427 g/mol. The van der Waals surface area contributed by atoms with E-state index in [4.69, 9.17) is 0 Å². The molecule has 0 amide bonds. The summed E-state index contributed by atoms with van der Waals surface area (Å²) in [6.07, 6.45) is 11.9. The van der Waals surface area contributed by atoms with Gasteiger partial charge >= 0.3 is 0 Å². The maximum atomic E-state index is 4.47. The van der Waals surface area contributed by atoms with Crippen LogP contribution in [0.15, 0.2) is 4.99 Å². The highest BCUT2D eigenvalue weighted by molar-refractivity contribution is 14.0. The van der Waals surface area contributed by atoms with E-state index in [-0.39, 0.29) is 24.0 Å². The van der Waals surface area contributed by atoms with Crippen LogP contribution in [0.4, 0.5) is 0 Å². The smallest absolute Gasteiger partial charge is 0.191 e. The maximum absolute atomic E-state index is 4.47. The molecule has 6 nitrogen and oxygen atoms in total. The van der Waals surface area contributed by atoms with E-state index in [0.717, 1.165) is 49.5 Å². The highest BCUT2D eigenvalue weighted by Gasteiger charge is 2.21. The Balaban J connectivity index is 0.00000225. The van der Waals surface area contributed by atoms with Crippen molar-refractivity contribution in [2.45, 2.75) is 77.3 Å². The van der Waals surface area contributed by atoms with Crippen LogP contribution in [0.5, 0.6) is 0 Å². The van der Waals surface area contributed by atoms with Crippen LogP contribution in [0, 0.1) is 12.8 Å². The van der Waals surface area contributed by atoms with Gasteiger partial charge in [-0.1, -0.05) is 38.5 Å². The van der Waals surface area contributed by atoms with Crippen molar-refractivity contribution in [3.8, 4) is 0 Å². The van der Waals surface area contributed by atoms with E-state index in [1.807, 2.05) is 18.7 Å². The number of hydrogen-bond acceptors (Lipinski definition) is 3. The van der Waals surface area contributed by atoms with Gasteiger partial charge in [-0.3, -0.25) is 4.99 Å². The molecule has 1 fully saturated rings. The zero-order valence-corrected chi connectivity index (χ0v) is 18.0. The molecule has 1 aromatic rings. The first-order valence-corrected chi connectivity index (χ1v) is 9.62. The van der Waals surface area contributed by atoms with Crippen LogP contribution in [0.3, 0.4) is 0 Å². The minimum Gasteiger partial charge on any atom is -0.356 e. The van der Waals surface area contributed by atoms with Gasteiger partial charge in [-0.2, -0.15) is 5.10 Å². The Hall–Kier alpha value is -0.860. The largest absolute Gasteiger partial charge is 0.356 e. The van der Waals surface area contributed by atoms with Crippen molar-refractivity contribution in [3.05, 3.63) is 11.6 Å². The molecule has 3 rings (SSSR count). The van der Waals surface area contributed by atoms with E-state index in [1.165, 1.54) is 44.9 Å². The normalized spacial score (nSPS) is 20.9. The third-order valence-electron chi connectivity index (χ3n) is 5.33. The van der Waals surface area contributed by atoms with Crippen LogP contribution in [0.25, 0.3) is 0 Å². The van der Waals surface area contributed by atoms with E-state index < -0.39 is 0 Å². The maximum Gasteiger partial charge on any atom is 0.191 e. The standard InChI is InChI=1S/C18H32N6.HI/c1-14-21-17-11-10-16(13-24(17)23-14)22-18(19-2)20-12-6-5-9-15-7-3-4-8-15;/h15-16H,3-13H2,1-2H3,(H2,19,20,22);1H. The van der Waals surface area contributed by atoms with Crippen LogP contribution < -0.4 is 10.6 Å². The van der Waals surface area contributed by atoms with Crippen LogP contribution in [-0.2, 0) is 13.0 Å². The number of aryl methyl sites for hydroxylation is 2. The van der Waals surface area contributed by atoms with E-state index >= 15 is 0 Å². The average molecular weight is 460 g/mol. The number of fused-ring (bicyclic) bond motifs is 1. The van der Waals surface area contributed by atoms with Crippen LogP contribution in [0.2, 0.25) is 0 Å². The number of guanidine groups is 1. The average Bonchev–Trinajstić information content (AvgIpc) is 3.21. The fourth-order valence-electron chi connectivity index (χ4n) is 4.00. The van der Waals surface area contributed by atoms with Gasteiger partial charge in [0.05, 0.1) is 6.54 Å². The predicted octanol–water partition coefficient (Wildman–Crippen LogP) is 3.04. The number of aromatic nitrogens is 3. The molecule has 0 spiro atoms. The molecule has 1 saturated carbocycles. The zero-order valence-electron chi connectivity index (χ0n) is 15.6. The summed E-state index contributed by atoms with van der Waals surface area (Å²) < 4.78 is 2.03. The number of halogens is 1. The number of nitrogens with zero attached hydrogens (tertiary/aromatic N) is 4. The van der Waals surface area contributed by atoms with Gasteiger partial charge in [-0.25, -0.2) is 9.67 Å². The second-order valence-electron chi connectivity index (χ2n) is 7.28. The van der Waals surface area contributed by atoms with Crippen molar-refractivity contribution in [3.63, 3.8) is 0 Å². The fourth-order valence-corrected chi connectivity index (χ4v) is 4.00. The Labute approximate surface area is 168 Å². The molecule has 7 heteroatoms. The Kier molecular flexibility index (Phi) is 8.45. The van der Waals surface area contributed by atoms with Gasteiger partial charge in [-0.15, -0.1) is 24.0 Å². The number of rotatable bonds is 6. The molecule has 1 atom stereocenters. The molecule has 0 bridgehead atoms. The van der Waals surface area contributed by atoms with Crippen molar-refractivity contribution in [1.82, 2.24) is 25.4 Å². The minimum atomic E-state index is 0. The Morgan fingerprint density at radius 3 is 2.80 bits per heavy atom. The summed E-state index contributed by atoms with van der Waals surface area (Å²) in [5.74, 6) is 3.90. The monoisotopic (exact) mass is 460 g/mol. The second kappa shape index (κ2) is 10.3. The van der Waals surface area contributed by atoms with Gasteiger partial charge < -0.3 is 10.6 Å². The van der Waals surface area contributed by atoms with E-state index in [1.54, 1.807) is 0 Å². The molecule has 2 N–H and O–H groups in total. The summed E-state index contributed by atoms with van der Waals surface area (Å²) in [7, 11) is 1.85. The van der Waals surface area contributed by atoms with Crippen LogP contribution in [-0.4, -0.2) is 40.4 Å². The summed E-state index contributed by atoms with van der Waals surface area (Å²) in [5.41, 5.74) is 0. The fraction of sp³-hybridized carbons (Fsp3) is 0.833. The molecule has 142 valence electrons. The summed E-state index contributed by atoms with van der Waals surface area (Å²) in [5, 5.41) is 11.5. The van der Waals surface area contributed by atoms with Gasteiger partial charge in [0.1, 0.15) is 11.6 Å². The number of hydrogen-bond donors (Lipinski definition) is 2. The third-order valence-corrected chi connectivity index (χ3v) is 5.33. The van der Waals surface area contributed by atoms with E-state index in [2.05, 4.69) is 25.7 Å². The van der Waals surface area contributed by atoms with Gasteiger partial charge in [0.15, 0.2) is 5.96 Å². The van der Waals surface area contributed by atoms with E-state index in [0.29, 0.717) is 6.04 Å². The molecule has 0 aromatic carbocycles. The summed E-state index contributed by atoms with van der Waals surface area (Å²) in [6, 6.07) is 0.378. The number of nitrogens with one attached hydrogen (secondary N) is 2. The molecule has 0 saturated heterocycles. The first kappa shape index (κ1) is 20.5. The lowest BCUT2D eigenvalue weighted by atomic mass is 10.0. The van der Waals surface area contributed by atoms with Crippen molar-refractivity contribution < 1.29 is 0 Å². The lowest BCUT2D eigenvalue weighted by molar-refractivity contribution is 0.392. The molecule has 1 unspecified atom stereocenters. The molecule has 25 heavy (non-hydrogen) atoms. The number of unbranched alkanes of at least 4 members (excludes halogenated alkanes) is 1. The van der Waals surface area contributed by atoms with Gasteiger partial charge in [0.25, 0.3) is 0 Å². The molecule has 2 aliphatic rings. The van der Waals surface area contributed by atoms with E-state index in [9.17, 15) is 0 Å². The highest BCUT2D eigenvalue weighted by atomic mass is 127. The quantitative estimate of drug-likeness (QED) is 0.297. The SMILES string of the molecule is CN=C(NCCCCC1CCCC1)NC1CCc2nc(C)nn2C1.I. The highest BCUT2D eigenvalue weighted by Crippen LogP contribution is 2.28. The summed E-state index contributed by atoms with van der Waals surface area (Å²) in [4.78, 5) is 8.83. The van der Waals surface area contributed by atoms with Crippen molar-refractivity contribution >= 4 is 29.9 Å². The summed E-state index contributed by atoms with van der Waals surface area (Å²) in [6.45, 7) is 3.84. The van der Waals surface area contributed by atoms with Gasteiger partial charge in [-0.05, 0) is 25.7 Å². The Morgan fingerprint density at radius 1 is 1.24 bits per heavy atom. The minimum absolute atomic E-state index is 0. The second-order valence-corrected chi connectivity index (χ2v) is 7.28. The van der Waals surface area contributed by atoms with Crippen LogP contribution in [0.1, 0.15) is 63.0 Å². The number of aliphatic imine (C=N–C) groups is 1. The van der Waals surface area contributed by atoms with Crippen molar-refractivity contribution in [2.24, 2.45) is 10.9 Å². The molecule has 1 aliphatic heterocycles. The molecule has 0 radical (unpaired) electrons. The first-order chi connectivity index (χ1) is 11.7. The van der Waals surface area contributed by atoms with Crippen molar-refractivity contribution in [1.29, 1.82) is 0 Å². The topological polar surface area (TPSA) is 67.1 Å². The van der Waals surface area contributed by atoms with Gasteiger partial charge in [0, 0.05) is 26.1 Å². The third kappa shape index (κ3) is 6.11. The van der Waals surface area contributed by atoms with Gasteiger partial charge in [0.2, 0.25) is 0 Å². The molecule has 1 aromatic heterocycles. The predicted molar refractivity (Wildman–Crippen MR) is 113 cm³/mol. The lowest BCUT2D eigenvalue weighted by Crippen LogP contribution is -2.47. The first-order valence-electron chi connectivity index (χ1n) is 9.62. The van der Waals surface area contributed by atoms with Crippen LogP contribution >= 0.6 is 24.0 Å².